The van der Waals surface area contributed by atoms with E-state index in [4.69, 9.17) is 9.15 Å². The van der Waals surface area contributed by atoms with Gasteiger partial charge < -0.3 is 14.5 Å². The normalized spacial score (nSPS) is 10.6. The number of hydrogen-bond acceptors (Lipinski definition) is 5. The van der Waals surface area contributed by atoms with Crippen molar-refractivity contribution in [2.75, 3.05) is 12.4 Å². The third kappa shape index (κ3) is 4.27. The molecule has 1 N–H and O–H groups in total. The molecule has 1 heterocycles. The van der Waals surface area contributed by atoms with E-state index in [9.17, 15) is 5.26 Å². The van der Waals surface area contributed by atoms with Gasteiger partial charge in [0.1, 0.15) is 11.8 Å². The quantitative estimate of drug-likeness (QED) is 0.727. The Morgan fingerprint density at radius 2 is 1.88 bits per heavy atom. The topological polar surface area (TPSA) is 71.1 Å². The zero-order chi connectivity index (χ0) is 17.5. The first-order valence-corrected chi connectivity index (χ1v) is 7.79. The number of nitrogens with zero attached hydrogens (tertiary/aromatic N) is 2. The molecule has 0 aliphatic heterocycles. The minimum absolute atomic E-state index is 0.237. The van der Waals surface area contributed by atoms with Crippen molar-refractivity contribution in [1.29, 1.82) is 5.26 Å². The summed E-state index contributed by atoms with van der Waals surface area (Å²) in [5, 5.41) is 12.3. The Hall–Kier alpha value is -3.52. The molecule has 0 saturated heterocycles. The number of nitrogens with one attached hydrogen (secondary N) is 1. The minimum Gasteiger partial charge on any atom is -0.497 e. The van der Waals surface area contributed by atoms with Crippen LogP contribution in [0.4, 0.5) is 5.88 Å². The van der Waals surface area contributed by atoms with Crippen molar-refractivity contribution in [2.45, 2.75) is 6.54 Å². The number of rotatable bonds is 6. The first-order valence-electron chi connectivity index (χ1n) is 7.79. The molecule has 0 amide bonds. The lowest BCUT2D eigenvalue weighted by molar-refractivity contribution is 0.414. The number of oxazole rings is 1. The summed E-state index contributed by atoms with van der Waals surface area (Å²) in [6.07, 6.45) is 3.63. The van der Waals surface area contributed by atoms with Crippen molar-refractivity contribution < 1.29 is 9.15 Å². The number of anilines is 1. The van der Waals surface area contributed by atoms with Crippen LogP contribution in [0.5, 0.6) is 5.75 Å². The summed E-state index contributed by atoms with van der Waals surface area (Å²) in [7, 11) is 1.63. The van der Waals surface area contributed by atoms with Crippen LogP contribution in [0, 0.1) is 11.3 Å². The Kier molecular flexibility index (Phi) is 5.13. The molecule has 3 aromatic rings. The van der Waals surface area contributed by atoms with E-state index in [2.05, 4.69) is 10.3 Å². The maximum absolute atomic E-state index is 9.23. The summed E-state index contributed by atoms with van der Waals surface area (Å²) < 4.78 is 10.8. The number of aromatic nitrogens is 1. The molecule has 1 aromatic heterocycles. The van der Waals surface area contributed by atoms with Gasteiger partial charge in [-0.05, 0) is 29.3 Å². The smallest absolute Gasteiger partial charge is 0.232 e. The van der Waals surface area contributed by atoms with Gasteiger partial charge in [0.15, 0.2) is 0 Å². The van der Waals surface area contributed by atoms with E-state index in [1.165, 1.54) is 0 Å². The second-order valence-corrected chi connectivity index (χ2v) is 5.29. The van der Waals surface area contributed by atoms with E-state index in [0.29, 0.717) is 18.3 Å². The van der Waals surface area contributed by atoms with Gasteiger partial charge >= 0.3 is 0 Å². The summed E-state index contributed by atoms with van der Waals surface area (Å²) in [5.41, 5.74) is 2.32. The van der Waals surface area contributed by atoms with Crippen molar-refractivity contribution >= 4 is 18.0 Å². The number of nitriles is 1. The standard InChI is InChI=1S/C20H17N3O2/c1-24-17-10-7-16(8-11-17)14-22-20-18(13-21)23-19(25-20)12-9-15-5-3-2-4-6-15/h2-12,22H,14H2,1H3/b12-9+. The highest BCUT2D eigenvalue weighted by Crippen LogP contribution is 2.20. The lowest BCUT2D eigenvalue weighted by atomic mass is 10.2. The number of ether oxygens (including phenoxy) is 1. The van der Waals surface area contributed by atoms with Gasteiger partial charge in [0.05, 0.1) is 7.11 Å². The zero-order valence-electron chi connectivity index (χ0n) is 13.8. The highest BCUT2D eigenvalue weighted by atomic mass is 16.5. The molecule has 0 fully saturated rings. The highest BCUT2D eigenvalue weighted by Gasteiger charge is 2.11. The van der Waals surface area contributed by atoms with Gasteiger partial charge in [-0.1, -0.05) is 42.5 Å². The summed E-state index contributed by atoms with van der Waals surface area (Å²) in [6, 6.07) is 19.5. The van der Waals surface area contributed by atoms with Crippen LogP contribution in [0.1, 0.15) is 22.7 Å². The lowest BCUT2D eigenvalue weighted by Crippen LogP contribution is -1.99. The minimum atomic E-state index is 0.237. The predicted molar refractivity (Wildman–Crippen MR) is 96.9 cm³/mol. The second kappa shape index (κ2) is 7.84. The molecule has 5 heteroatoms. The Morgan fingerprint density at radius 1 is 1.12 bits per heavy atom. The zero-order valence-corrected chi connectivity index (χ0v) is 13.8. The molecule has 0 aliphatic rings. The third-order valence-electron chi connectivity index (χ3n) is 3.58. The van der Waals surface area contributed by atoms with Crippen molar-refractivity contribution in [3.8, 4) is 11.8 Å². The first-order chi connectivity index (χ1) is 12.3. The Bertz CT molecular complexity index is 891. The molecule has 3 rings (SSSR count). The van der Waals surface area contributed by atoms with E-state index < -0.39 is 0 Å². The van der Waals surface area contributed by atoms with Crippen molar-refractivity contribution in [3.05, 3.63) is 77.3 Å². The van der Waals surface area contributed by atoms with Gasteiger partial charge in [-0.15, -0.1) is 0 Å². The van der Waals surface area contributed by atoms with Crippen LogP contribution in [0.3, 0.4) is 0 Å². The number of methoxy groups -OCH3 is 1. The molecule has 0 atom stereocenters. The molecular formula is C20H17N3O2. The van der Waals surface area contributed by atoms with Gasteiger partial charge in [0.2, 0.25) is 17.5 Å². The fourth-order valence-electron chi connectivity index (χ4n) is 2.26. The summed E-state index contributed by atoms with van der Waals surface area (Å²) >= 11 is 0. The summed E-state index contributed by atoms with van der Waals surface area (Å²) in [4.78, 5) is 4.19. The van der Waals surface area contributed by atoms with Crippen molar-refractivity contribution in [2.24, 2.45) is 0 Å². The molecule has 0 saturated carbocycles. The lowest BCUT2D eigenvalue weighted by Gasteiger charge is -2.04. The SMILES string of the molecule is COc1ccc(CNc2oc(/C=C/c3ccccc3)nc2C#N)cc1. The fourth-order valence-corrected chi connectivity index (χ4v) is 2.26. The van der Waals surface area contributed by atoms with Crippen molar-refractivity contribution in [3.63, 3.8) is 0 Å². The van der Waals surface area contributed by atoms with E-state index in [0.717, 1.165) is 16.9 Å². The third-order valence-corrected chi connectivity index (χ3v) is 3.58. The Morgan fingerprint density at radius 3 is 2.56 bits per heavy atom. The number of hydrogen-bond donors (Lipinski definition) is 1. The highest BCUT2D eigenvalue weighted by molar-refractivity contribution is 5.67. The van der Waals surface area contributed by atoms with Crippen LogP contribution in [0.15, 0.2) is 59.0 Å². The average Bonchev–Trinajstić information content (AvgIpc) is 3.08. The molecule has 0 spiro atoms. The van der Waals surface area contributed by atoms with Gasteiger partial charge in [0.25, 0.3) is 0 Å². The summed E-state index contributed by atoms with van der Waals surface area (Å²) in [5.74, 6) is 1.55. The summed E-state index contributed by atoms with van der Waals surface area (Å²) in [6.45, 7) is 0.524. The molecule has 0 unspecified atom stereocenters. The Balaban J connectivity index is 1.70. The second-order valence-electron chi connectivity index (χ2n) is 5.29. The molecule has 124 valence electrons. The largest absolute Gasteiger partial charge is 0.497 e. The van der Waals surface area contributed by atoms with E-state index in [1.54, 1.807) is 13.2 Å². The van der Waals surface area contributed by atoms with E-state index >= 15 is 0 Å². The Labute approximate surface area is 146 Å². The van der Waals surface area contributed by atoms with E-state index in [1.807, 2.05) is 66.7 Å². The van der Waals surface area contributed by atoms with Gasteiger partial charge in [-0.25, -0.2) is 0 Å². The van der Waals surface area contributed by atoms with Gasteiger partial charge in [-0.3, -0.25) is 0 Å². The van der Waals surface area contributed by atoms with Crippen LogP contribution in [-0.2, 0) is 6.54 Å². The van der Waals surface area contributed by atoms with Gasteiger partial charge in [0, 0.05) is 12.6 Å². The molecule has 5 nitrogen and oxygen atoms in total. The van der Waals surface area contributed by atoms with Crippen LogP contribution in [0.2, 0.25) is 0 Å². The predicted octanol–water partition coefficient (Wildman–Crippen LogP) is 4.34. The van der Waals surface area contributed by atoms with Crippen LogP contribution < -0.4 is 10.1 Å². The van der Waals surface area contributed by atoms with Crippen LogP contribution in [-0.4, -0.2) is 12.1 Å². The first kappa shape index (κ1) is 16.3. The van der Waals surface area contributed by atoms with Gasteiger partial charge in [-0.2, -0.15) is 10.2 Å². The fraction of sp³-hybridized carbons (Fsp3) is 0.100. The molecule has 0 radical (unpaired) electrons. The average molecular weight is 331 g/mol. The number of benzene rings is 2. The van der Waals surface area contributed by atoms with E-state index in [-0.39, 0.29) is 5.69 Å². The molecule has 0 bridgehead atoms. The van der Waals surface area contributed by atoms with Crippen LogP contribution >= 0.6 is 0 Å². The van der Waals surface area contributed by atoms with Crippen LogP contribution in [0.25, 0.3) is 12.2 Å². The molecule has 0 aliphatic carbocycles. The monoisotopic (exact) mass is 331 g/mol. The molecule has 25 heavy (non-hydrogen) atoms. The van der Waals surface area contributed by atoms with Crippen molar-refractivity contribution in [1.82, 2.24) is 4.98 Å². The molecular weight excluding hydrogens is 314 g/mol. The maximum Gasteiger partial charge on any atom is 0.232 e. The maximum atomic E-state index is 9.23. The molecule has 2 aromatic carbocycles.